The smallest absolute Gasteiger partial charge is 0.161 e. The van der Waals surface area contributed by atoms with Gasteiger partial charge in [-0.2, -0.15) is 0 Å². The van der Waals surface area contributed by atoms with E-state index in [1.54, 1.807) is 14.2 Å². The van der Waals surface area contributed by atoms with Gasteiger partial charge in [-0.15, -0.1) is 0 Å². The summed E-state index contributed by atoms with van der Waals surface area (Å²) in [5, 5.41) is 0. The van der Waals surface area contributed by atoms with E-state index >= 15 is 0 Å². The molecule has 0 spiro atoms. The molecule has 0 atom stereocenters. The number of methoxy groups -OCH3 is 2. The Morgan fingerprint density at radius 2 is 1.85 bits per heavy atom. The first kappa shape index (κ1) is 10.2. The topological polar surface area (TPSA) is 18.5 Å². The first-order valence-corrected chi connectivity index (χ1v) is 4.73. The van der Waals surface area contributed by atoms with Crippen molar-refractivity contribution in [2.45, 2.75) is 0 Å². The molecule has 0 bridgehead atoms. The van der Waals surface area contributed by atoms with Crippen LogP contribution in [0.15, 0.2) is 18.2 Å². The van der Waals surface area contributed by atoms with E-state index < -0.39 is 0 Å². The highest BCUT2D eigenvalue weighted by Gasteiger charge is 2.02. The van der Waals surface area contributed by atoms with Crippen molar-refractivity contribution in [2.24, 2.45) is 0 Å². The number of rotatable bonds is 2. The minimum absolute atomic E-state index is 0.708. The van der Waals surface area contributed by atoms with Crippen molar-refractivity contribution in [3.8, 4) is 21.3 Å². The largest absolute Gasteiger partial charge is 0.493 e. The predicted molar refractivity (Wildman–Crippen MR) is 60.4 cm³/mol. The van der Waals surface area contributed by atoms with Gasteiger partial charge in [-0.05, 0) is 22.1 Å². The lowest BCUT2D eigenvalue weighted by atomic mass is 10.2. The highest BCUT2D eigenvalue weighted by Crippen LogP contribution is 2.27. The third-order valence-electron chi connectivity index (χ3n) is 1.58. The average molecular weight is 288 g/mol. The molecule has 1 rings (SSSR count). The van der Waals surface area contributed by atoms with Crippen molar-refractivity contribution in [2.75, 3.05) is 14.2 Å². The van der Waals surface area contributed by atoms with Gasteiger partial charge in [0.1, 0.15) is 0 Å². The predicted octanol–water partition coefficient (Wildman–Crippen LogP) is 2.45. The molecule has 0 saturated carbocycles. The zero-order valence-corrected chi connectivity index (χ0v) is 9.58. The SMILES string of the molecule is COc1ccc(C#CI)cc1OC. The maximum absolute atomic E-state index is 5.13. The van der Waals surface area contributed by atoms with Gasteiger partial charge < -0.3 is 9.47 Å². The number of ether oxygens (including phenoxy) is 2. The minimum atomic E-state index is 0.708. The molecule has 1 aromatic rings. The van der Waals surface area contributed by atoms with Crippen LogP contribution in [0.2, 0.25) is 0 Å². The molecule has 0 heterocycles. The molecule has 3 heteroatoms. The Kier molecular flexibility index (Phi) is 3.90. The summed E-state index contributed by atoms with van der Waals surface area (Å²) in [5.41, 5.74) is 0.923. The molecule has 0 aliphatic rings. The summed E-state index contributed by atoms with van der Waals surface area (Å²) in [6, 6.07) is 5.59. The van der Waals surface area contributed by atoms with E-state index in [0.29, 0.717) is 5.75 Å². The van der Waals surface area contributed by atoms with Gasteiger partial charge in [-0.1, -0.05) is 5.92 Å². The summed E-state index contributed by atoms with van der Waals surface area (Å²) >= 11 is 2.00. The molecule has 0 amide bonds. The fourth-order valence-corrected chi connectivity index (χ4v) is 1.28. The number of halogens is 1. The third kappa shape index (κ3) is 2.52. The van der Waals surface area contributed by atoms with Crippen LogP contribution in [0.3, 0.4) is 0 Å². The lowest BCUT2D eigenvalue weighted by molar-refractivity contribution is 0.355. The molecule has 0 fully saturated rings. The average Bonchev–Trinajstić information content (AvgIpc) is 2.18. The molecule has 0 aliphatic heterocycles. The lowest BCUT2D eigenvalue weighted by Gasteiger charge is -2.06. The highest BCUT2D eigenvalue weighted by atomic mass is 127. The van der Waals surface area contributed by atoms with Crippen LogP contribution in [0.4, 0.5) is 0 Å². The second-order valence-electron chi connectivity index (χ2n) is 2.29. The molecular formula is C10H9IO2. The minimum Gasteiger partial charge on any atom is -0.493 e. The molecule has 0 radical (unpaired) electrons. The van der Waals surface area contributed by atoms with E-state index in [9.17, 15) is 0 Å². The molecule has 0 N–H and O–H groups in total. The third-order valence-corrected chi connectivity index (χ3v) is 1.84. The molecule has 68 valence electrons. The Balaban J connectivity index is 3.10. The zero-order valence-electron chi connectivity index (χ0n) is 7.43. The van der Waals surface area contributed by atoms with Crippen LogP contribution in [0.25, 0.3) is 0 Å². The fraction of sp³-hybridized carbons (Fsp3) is 0.200. The van der Waals surface area contributed by atoms with Crippen molar-refractivity contribution >= 4 is 22.6 Å². The molecule has 2 nitrogen and oxygen atoms in total. The normalized spacial score (nSPS) is 8.54. The standard InChI is InChI=1S/C10H9IO2/c1-12-9-4-3-8(5-6-11)7-10(9)13-2/h3-4,7H,1-2H3. The Morgan fingerprint density at radius 3 is 2.38 bits per heavy atom. The second kappa shape index (κ2) is 4.97. The Morgan fingerprint density at radius 1 is 1.15 bits per heavy atom. The first-order chi connectivity index (χ1) is 6.31. The molecule has 0 saturated heterocycles. The monoisotopic (exact) mass is 288 g/mol. The molecule has 0 aromatic heterocycles. The van der Waals surface area contributed by atoms with Crippen molar-refractivity contribution in [1.82, 2.24) is 0 Å². The summed E-state index contributed by atoms with van der Waals surface area (Å²) in [6.45, 7) is 0. The van der Waals surface area contributed by atoms with Crippen LogP contribution < -0.4 is 9.47 Å². The van der Waals surface area contributed by atoms with Gasteiger partial charge in [0.05, 0.1) is 14.2 Å². The van der Waals surface area contributed by atoms with Crippen molar-refractivity contribution in [3.05, 3.63) is 23.8 Å². The summed E-state index contributed by atoms with van der Waals surface area (Å²) < 4.78 is 13.0. The summed E-state index contributed by atoms with van der Waals surface area (Å²) in [6.07, 6.45) is 0. The molecular weight excluding hydrogens is 279 g/mol. The van der Waals surface area contributed by atoms with Crippen LogP contribution in [0.1, 0.15) is 5.56 Å². The van der Waals surface area contributed by atoms with Crippen LogP contribution in [0, 0.1) is 9.85 Å². The van der Waals surface area contributed by atoms with E-state index in [2.05, 4.69) is 9.85 Å². The first-order valence-electron chi connectivity index (χ1n) is 3.65. The maximum atomic E-state index is 5.13. The van der Waals surface area contributed by atoms with Gasteiger partial charge in [0.25, 0.3) is 0 Å². The molecule has 13 heavy (non-hydrogen) atoms. The Hall–Kier alpha value is -0.890. The van der Waals surface area contributed by atoms with Crippen LogP contribution in [-0.2, 0) is 0 Å². The molecule has 0 unspecified atom stereocenters. The van der Waals surface area contributed by atoms with Crippen molar-refractivity contribution in [1.29, 1.82) is 0 Å². The quantitative estimate of drug-likeness (QED) is 0.615. The summed E-state index contributed by atoms with van der Waals surface area (Å²) in [4.78, 5) is 0. The zero-order chi connectivity index (χ0) is 9.68. The summed E-state index contributed by atoms with van der Waals surface area (Å²) in [7, 11) is 3.22. The number of hydrogen-bond acceptors (Lipinski definition) is 2. The Labute approximate surface area is 91.4 Å². The number of hydrogen-bond donors (Lipinski definition) is 0. The van der Waals surface area contributed by atoms with Gasteiger partial charge in [0, 0.05) is 28.2 Å². The van der Waals surface area contributed by atoms with Crippen molar-refractivity contribution in [3.63, 3.8) is 0 Å². The maximum Gasteiger partial charge on any atom is 0.161 e. The fourth-order valence-electron chi connectivity index (χ4n) is 0.969. The number of benzene rings is 1. The van der Waals surface area contributed by atoms with Crippen LogP contribution in [0.5, 0.6) is 11.5 Å². The van der Waals surface area contributed by atoms with Gasteiger partial charge >= 0.3 is 0 Å². The van der Waals surface area contributed by atoms with Crippen LogP contribution in [-0.4, -0.2) is 14.2 Å². The summed E-state index contributed by atoms with van der Waals surface area (Å²) in [5.74, 6) is 4.37. The van der Waals surface area contributed by atoms with Gasteiger partial charge in [0.15, 0.2) is 11.5 Å². The van der Waals surface area contributed by atoms with Crippen LogP contribution >= 0.6 is 22.6 Å². The lowest BCUT2D eigenvalue weighted by Crippen LogP contribution is -1.90. The second-order valence-corrected chi connectivity index (χ2v) is 2.83. The molecule has 0 aliphatic carbocycles. The Bertz CT molecular complexity index is 350. The highest BCUT2D eigenvalue weighted by molar-refractivity contribution is 14.1. The van der Waals surface area contributed by atoms with E-state index in [4.69, 9.17) is 9.47 Å². The van der Waals surface area contributed by atoms with E-state index in [0.717, 1.165) is 11.3 Å². The van der Waals surface area contributed by atoms with Gasteiger partial charge in [-0.25, -0.2) is 0 Å². The molecule has 1 aromatic carbocycles. The van der Waals surface area contributed by atoms with E-state index in [1.807, 2.05) is 40.8 Å². The van der Waals surface area contributed by atoms with Gasteiger partial charge in [0.2, 0.25) is 0 Å². The van der Waals surface area contributed by atoms with Gasteiger partial charge in [-0.3, -0.25) is 0 Å². The van der Waals surface area contributed by atoms with E-state index in [1.165, 1.54) is 0 Å². The van der Waals surface area contributed by atoms with E-state index in [-0.39, 0.29) is 0 Å². The van der Waals surface area contributed by atoms with Crippen molar-refractivity contribution < 1.29 is 9.47 Å².